The summed E-state index contributed by atoms with van der Waals surface area (Å²) in [5.74, 6) is -1.91. The number of aryl methyl sites for hydroxylation is 1. The second-order valence-corrected chi connectivity index (χ2v) is 4.92. The lowest BCUT2D eigenvalue weighted by atomic mass is 10.3. The van der Waals surface area contributed by atoms with Gasteiger partial charge < -0.3 is 10.4 Å². The molecule has 0 aromatic carbocycles. The number of aliphatic carboxylic acids is 1. The molecule has 1 amide bonds. The van der Waals surface area contributed by atoms with Crippen molar-refractivity contribution in [1.82, 2.24) is 10.3 Å². The van der Waals surface area contributed by atoms with E-state index >= 15 is 0 Å². The van der Waals surface area contributed by atoms with E-state index in [1.54, 1.807) is 0 Å². The molecule has 1 heterocycles. The first kappa shape index (κ1) is 11.1. The number of aromatic nitrogens is 1. The van der Waals surface area contributed by atoms with Crippen molar-refractivity contribution in [3.8, 4) is 0 Å². The van der Waals surface area contributed by atoms with E-state index in [0.29, 0.717) is 13.0 Å². The summed E-state index contributed by atoms with van der Waals surface area (Å²) in [6.07, 6.45) is 0.456. The first-order chi connectivity index (χ1) is 7.58. The molecule has 0 saturated heterocycles. The van der Waals surface area contributed by atoms with Gasteiger partial charge in [0.25, 0.3) is 0 Å². The van der Waals surface area contributed by atoms with Crippen molar-refractivity contribution in [2.45, 2.75) is 19.9 Å². The molecule has 86 valence electrons. The normalized spacial score (nSPS) is 22.8. The highest BCUT2D eigenvalue weighted by Gasteiger charge is 2.48. The molecule has 2 N–H and O–H groups in total. The van der Waals surface area contributed by atoms with Crippen molar-refractivity contribution in [3.05, 3.63) is 16.1 Å². The van der Waals surface area contributed by atoms with Crippen molar-refractivity contribution in [1.29, 1.82) is 0 Å². The van der Waals surface area contributed by atoms with E-state index in [0.717, 1.165) is 10.7 Å². The van der Waals surface area contributed by atoms with E-state index < -0.39 is 11.9 Å². The van der Waals surface area contributed by atoms with Gasteiger partial charge in [-0.2, -0.15) is 0 Å². The Hall–Kier alpha value is -1.43. The summed E-state index contributed by atoms with van der Waals surface area (Å²) in [7, 11) is 0. The minimum atomic E-state index is -0.885. The topological polar surface area (TPSA) is 79.3 Å². The molecule has 1 fully saturated rings. The molecule has 0 radical (unpaired) electrons. The average molecular weight is 240 g/mol. The molecular formula is C10H12N2O3S. The predicted octanol–water partition coefficient (Wildman–Crippen LogP) is 0.788. The van der Waals surface area contributed by atoms with Crippen LogP contribution in [0.25, 0.3) is 0 Å². The van der Waals surface area contributed by atoms with Crippen LogP contribution in [0.2, 0.25) is 0 Å². The zero-order valence-corrected chi connectivity index (χ0v) is 9.58. The number of nitrogens with one attached hydrogen (secondary N) is 1. The highest BCUT2D eigenvalue weighted by atomic mass is 32.1. The molecule has 2 rings (SSSR count). The Morgan fingerprint density at radius 3 is 2.88 bits per heavy atom. The third kappa shape index (κ3) is 2.38. The molecular weight excluding hydrogens is 228 g/mol. The van der Waals surface area contributed by atoms with E-state index in [-0.39, 0.29) is 11.8 Å². The summed E-state index contributed by atoms with van der Waals surface area (Å²) in [5, 5.41) is 14.2. The van der Waals surface area contributed by atoms with Crippen LogP contribution in [-0.4, -0.2) is 22.0 Å². The van der Waals surface area contributed by atoms with Crippen LogP contribution in [0.4, 0.5) is 0 Å². The van der Waals surface area contributed by atoms with Gasteiger partial charge in [-0.25, -0.2) is 4.98 Å². The second kappa shape index (κ2) is 4.21. The van der Waals surface area contributed by atoms with Gasteiger partial charge in [0.05, 0.1) is 29.1 Å². The molecule has 1 aliphatic carbocycles. The number of carbonyl (C=O) groups excluding carboxylic acids is 1. The maximum absolute atomic E-state index is 11.5. The highest BCUT2D eigenvalue weighted by Crippen LogP contribution is 2.38. The Morgan fingerprint density at radius 2 is 2.38 bits per heavy atom. The summed E-state index contributed by atoms with van der Waals surface area (Å²) in [5.41, 5.74) is 0.823. The molecule has 16 heavy (non-hydrogen) atoms. The largest absolute Gasteiger partial charge is 0.481 e. The highest BCUT2D eigenvalue weighted by molar-refractivity contribution is 7.09. The number of carbonyl (C=O) groups is 2. The molecule has 2 unspecified atom stereocenters. The lowest BCUT2D eigenvalue weighted by molar-refractivity contribution is -0.140. The van der Waals surface area contributed by atoms with Gasteiger partial charge in [0.2, 0.25) is 5.91 Å². The van der Waals surface area contributed by atoms with Crippen LogP contribution >= 0.6 is 11.3 Å². The van der Waals surface area contributed by atoms with Gasteiger partial charge in [-0.05, 0) is 13.3 Å². The number of amides is 1. The van der Waals surface area contributed by atoms with Crippen molar-refractivity contribution < 1.29 is 14.7 Å². The van der Waals surface area contributed by atoms with Gasteiger partial charge >= 0.3 is 5.97 Å². The number of thiazole rings is 1. The first-order valence-corrected chi connectivity index (χ1v) is 5.87. The monoisotopic (exact) mass is 240 g/mol. The van der Waals surface area contributed by atoms with Crippen molar-refractivity contribution >= 4 is 23.2 Å². The third-order valence-electron chi connectivity index (χ3n) is 2.55. The van der Waals surface area contributed by atoms with Gasteiger partial charge in [0, 0.05) is 5.38 Å². The fourth-order valence-corrected chi connectivity index (χ4v) is 2.17. The van der Waals surface area contributed by atoms with E-state index in [2.05, 4.69) is 10.3 Å². The number of carboxylic acids is 1. The summed E-state index contributed by atoms with van der Waals surface area (Å²) >= 11 is 1.53. The average Bonchev–Trinajstić information content (AvgIpc) is 2.93. The van der Waals surface area contributed by atoms with Gasteiger partial charge in [-0.1, -0.05) is 0 Å². The quantitative estimate of drug-likeness (QED) is 0.815. The molecule has 1 aromatic heterocycles. The Labute approximate surface area is 96.5 Å². The Morgan fingerprint density at radius 1 is 1.62 bits per heavy atom. The summed E-state index contributed by atoms with van der Waals surface area (Å²) in [6, 6.07) is 0. The SMILES string of the molecule is Cc1nc(CNC(=O)C2CC2C(=O)O)cs1. The van der Waals surface area contributed by atoms with Crippen LogP contribution in [0.15, 0.2) is 5.38 Å². The summed E-state index contributed by atoms with van der Waals surface area (Å²) < 4.78 is 0. The summed E-state index contributed by atoms with van der Waals surface area (Å²) in [6.45, 7) is 2.28. The standard InChI is InChI=1S/C10H12N2O3S/c1-5-12-6(4-16-5)3-11-9(13)7-2-8(7)10(14)15/h4,7-8H,2-3H2,1H3,(H,11,13)(H,14,15). The smallest absolute Gasteiger partial charge is 0.307 e. The zero-order chi connectivity index (χ0) is 11.7. The minimum absolute atomic E-state index is 0.182. The maximum Gasteiger partial charge on any atom is 0.307 e. The molecule has 1 aromatic rings. The van der Waals surface area contributed by atoms with Gasteiger partial charge in [0.15, 0.2) is 0 Å². The van der Waals surface area contributed by atoms with Crippen LogP contribution < -0.4 is 5.32 Å². The number of rotatable bonds is 4. The molecule has 0 aliphatic heterocycles. The Balaban J connectivity index is 1.79. The molecule has 0 spiro atoms. The van der Waals surface area contributed by atoms with Crippen LogP contribution in [0.3, 0.4) is 0 Å². The molecule has 2 atom stereocenters. The Kier molecular flexibility index (Phi) is 2.91. The number of nitrogens with zero attached hydrogens (tertiary/aromatic N) is 1. The first-order valence-electron chi connectivity index (χ1n) is 4.99. The molecule has 5 nitrogen and oxygen atoms in total. The number of hydrogen-bond donors (Lipinski definition) is 2. The van der Waals surface area contributed by atoms with E-state index in [1.807, 2.05) is 12.3 Å². The number of hydrogen-bond acceptors (Lipinski definition) is 4. The van der Waals surface area contributed by atoms with Crippen LogP contribution in [0.1, 0.15) is 17.1 Å². The Bertz CT molecular complexity index is 429. The van der Waals surface area contributed by atoms with Crippen LogP contribution in [0.5, 0.6) is 0 Å². The zero-order valence-electron chi connectivity index (χ0n) is 8.77. The predicted molar refractivity (Wildman–Crippen MR) is 57.9 cm³/mol. The van der Waals surface area contributed by atoms with Gasteiger partial charge in [-0.15, -0.1) is 11.3 Å². The number of carboxylic acid groups (broad SMARTS) is 1. The molecule has 6 heteroatoms. The van der Waals surface area contributed by atoms with E-state index in [4.69, 9.17) is 5.11 Å². The lowest BCUT2D eigenvalue weighted by Crippen LogP contribution is -2.26. The fourth-order valence-electron chi connectivity index (χ4n) is 1.56. The van der Waals surface area contributed by atoms with E-state index in [9.17, 15) is 9.59 Å². The second-order valence-electron chi connectivity index (χ2n) is 3.86. The van der Waals surface area contributed by atoms with Crippen molar-refractivity contribution in [2.24, 2.45) is 11.8 Å². The third-order valence-corrected chi connectivity index (χ3v) is 3.38. The molecule has 0 bridgehead atoms. The summed E-state index contributed by atoms with van der Waals surface area (Å²) in [4.78, 5) is 26.3. The van der Waals surface area contributed by atoms with Crippen molar-refractivity contribution in [3.63, 3.8) is 0 Å². The van der Waals surface area contributed by atoms with Gasteiger partial charge in [-0.3, -0.25) is 9.59 Å². The van der Waals surface area contributed by atoms with Gasteiger partial charge in [0.1, 0.15) is 0 Å². The molecule has 1 saturated carbocycles. The molecule has 1 aliphatic rings. The van der Waals surface area contributed by atoms with Crippen LogP contribution in [-0.2, 0) is 16.1 Å². The van der Waals surface area contributed by atoms with Crippen LogP contribution in [0, 0.1) is 18.8 Å². The fraction of sp³-hybridized carbons (Fsp3) is 0.500. The van der Waals surface area contributed by atoms with Crippen molar-refractivity contribution in [2.75, 3.05) is 0 Å². The maximum atomic E-state index is 11.5. The lowest BCUT2D eigenvalue weighted by Gasteiger charge is -2.01. The minimum Gasteiger partial charge on any atom is -0.481 e. The van der Waals surface area contributed by atoms with E-state index in [1.165, 1.54) is 11.3 Å².